The molecule has 1 aromatic heterocycles. The lowest BCUT2D eigenvalue weighted by molar-refractivity contribution is 0.516. The average Bonchev–Trinajstić information content (AvgIpc) is 2.22. The molecule has 0 atom stereocenters. The van der Waals surface area contributed by atoms with Gasteiger partial charge in [-0.05, 0) is 12.1 Å². The standard InChI is InChI=1S/C11H10F2N2O/c1-5(2)10-14-7-4-3-6(12)9(13)8(7)11(16)15-10/h3-5H,1-2H3,(H,14,15,16). The number of hydrogen-bond acceptors (Lipinski definition) is 2. The van der Waals surface area contributed by atoms with E-state index in [-0.39, 0.29) is 16.8 Å². The van der Waals surface area contributed by atoms with E-state index in [2.05, 4.69) is 9.97 Å². The van der Waals surface area contributed by atoms with Crippen LogP contribution in [0.15, 0.2) is 16.9 Å². The maximum absolute atomic E-state index is 13.4. The predicted molar refractivity (Wildman–Crippen MR) is 56.4 cm³/mol. The van der Waals surface area contributed by atoms with Gasteiger partial charge in [0, 0.05) is 5.92 Å². The summed E-state index contributed by atoms with van der Waals surface area (Å²) in [6.45, 7) is 3.70. The quantitative estimate of drug-likeness (QED) is 0.808. The van der Waals surface area contributed by atoms with E-state index in [1.807, 2.05) is 13.8 Å². The summed E-state index contributed by atoms with van der Waals surface area (Å²) in [5.74, 6) is -1.72. The lowest BCUT2D eigenvalue weighted by Crippen LogP contribution is -2.14. The fraction of sp³-hybridized carbons (Fsp3) is 0.273. The van der Waals surface area contributed by atoms with E-state index in [0.717, 1.165) is 6.07 Å². The molecule has 5 heteroatoms. The van der Waals surface area contributed by atoms with Crippen LogP contribution >= 0.6 is 0 Å². The van der Waals surface area contributed by atoms with Crippen molar-refractivity contribution in [3.05, 3.63) is 39.9 Å². The van der Waals surface area contributed by atoms with Gasteiger partial charge in [0.25, 0.3) is 5.56 Å². The molecule has 0 radical (unpaired) electrons. The summed E-state index contributed by atoms with van der Waals surface area (Å²) < 4.78 is 26.3. The molecule has 2 rings (SSSR count). The SMILES string of the molecule is CC(C)c1nc2ccc(F)c(F)c2c(=O)[nH]1. The van der Waals surface area contributed by atoms with E-state index < -0.39 is 17.2 Å². The van der Waals surface area contributed by atoms with E-state index in [9.17, 15) is 13.6 Å². The lowest BCUT2D eigenvalue weighted by atomic mass is 10.2. The molecule has 0 aliphatic carbocycles. The van der Waals surface area contributed by atoms with E-state index in [0.29, 0.717) is 5.82 Å². The van der Waals surface area contributed by atoms with Crippen LogP contribution in [0, 0.1) is 11.6 Å². The lowest BCUT2D eigenvalue weighted by Gasteiger charge is -2.06. The molecular weight excluding hydrogens is 214 g/mol. The highest BCUT2D eigenvalue weighted by molar-refractivity contribution is 5.78. The Balaban J connectivity index is 2.87. The molecule has 1 heterocycles. The Labute approximate surface area is 90.1 Å². The number of fused-ring (bicyclic) bond motifs is 1. The second kappa shape index (κ2) is 3.66. The summed E-state index contributed by atoms with van der Waals surface area (Å²) in [6.07, 6.45) is 0. The maximum atomic E-state index is 13.4. The number of nitrogens with one attached hydrogen (secondary N) is 1. The van der Waals surface area contributed by atoms with Gasteiger partial charge >= 0.3 is 0 Å². The van der Waals surface area contributed by atoms with Crippen LogP contribution in [0.3, 0.4) is 0 Å². The van der Waals surface area contributed by atoms with Crippen molar-refractivity contribution in [1.29, 1.82) is 0 Å². The van der Waals surface area contributed by atoms with Crippen LogP contribution in [-0.2, 0) is 0 Å². The van der Waals surface area contributed by atoms with Crippen LogP contribution in [0.25, 0.3) is 10.9 Å². The normalized spacial score (nSPS) is 11.3. The fourth-order valence-corrected chi connectivity index (χ4v) is 1.46. The first-order valence-corrected chi connectivity index (χ1v) is 4.88. The van der Waals surface area contributed by atoms with Crippen LogP contribution < -0.4 is 5.56 Å². The Morgan fingerprint density at radius 3 is 2.62 bits per heavy atom. The van der Waals surface area contributed by atoms with Crippen molar-refractivity contribution in [2.45, 2.75) is 19.8 Å². The minimum atomic E-state index is -1.15. The van der Waals surface area contributed by atoms with Gasteiger partial charge in [-0.15, -0.1) is 0 Å². The number of benzene rings is 1. The number of halogens is 2. The predicted octanol–water partition coefficient (Wildman–Crippen LogP) is 2.32. The highest BCUT2D eigenvalue weighted by atomic mass is 19.2. The Bertz CT molecular complexity index is 605. The molecule has 3 nitrogen and oxygen atoms in total. The molecule has 0 aliphatic heterocycles. The van der Waals surface area contributed by atoms with Gasteiger partial charge in [0.15, 0.2) is 11.6 Å². The molecule has 2 aromatic rings. The summed E-state index contributed by atoms with van der Waals surface area (Å²) in [7, 11) is 0. The summed E-state index contributed by atoms with van der Waals surface area (Å²) in [5, 5.41) is -0.329. The minimum absolute atomic E-state index is 0.0187. The number of hydrogen-bond donors (Lipinski definition) is 1. The number of rotatable bonds is 1. The zero-order valence-corrected chi connectivity index (χ0v) is 8.84. The van der Waals surface area contributed by atoms with Crippen LogP contribution in [0.1, 0.15) is 25.6 Å². The monoisotopic (exact) mass is 224 g/mol. The number of aromatic amines is 1. The largest absolute Gasteiger partial charge is 0.310 e. The van der Waals surface area contributed by atoms with E-state index >= 15 is 0 Å². The number of nitrogens with zero attached hydrogens (tertiary/aromatic N) is 1. The zero-order valence-electron chi connectivity index (χ0n) is 8.84. The Hall–Kier alpha value is -1.78. The van der Waals surface area contributed by atoms with Crippen molar-refractivity contribution in [1.82, 2.24) is 9.97 Å². The van der Waals surface area contributed by atoms with Gasteiger partial charge in [0.1, 0.15) is 11.2 Å². The average molecular weight is 224 g/mol. The molecule has 1 N–H and O–H groups in total. The van der Waals surface area contributed by atoms with Gasteiger partial charge in [-0.1, -0.05) is 13.8 Å². The first-order chi connectivity index (χ1) is 7.50. The summed E-state index contributed by atoms with van der Waals surface area (Å²) in [6, 6.07) is 2.27. The Morgan fingerprint density at radius 2 is 2.00 bits per heavy atom. The molecule has 0 unspecified atom stereocenters. The zero-order chi connectivity index (χ0) is 11.9. The molecule has 0 amide bonds. The third-order valence-electron chi connectivity index (χ3n) is 2.33. The van der Waals surface area contributed by atoms with Gasteiger partial charge in [-0.3, -0.25) is 4.79 Å². The Morgan fingerprint density at radius 1 is 1.31 bits per heavy atom. The van der Waals surface area contributed by atoms with Gasteiger partial charge in [0.05, 0.1) is 5.52 Å². The second-order valence-electron chi connectivity index (χ2n) is 3.86. The highest BCUT2D eigenvalue weighted by Gasteiger charge is 2.13. The molecule has 0 fully saturated rings. The van der Waals surface area contributed by atoms with Gasteiger partial charge in [0.2, 0.25) is 0 Å². The van der Waals surface area contributed by atoms with Crippen molar-refractivity contribution < 1.29 is 8.78 Å². The third-order valence-corrected chi connectivity index (χ3v) is 2.33. The molecule has 84 valence electrons. The minimum Gasteiger partial charge on any atom is -0.310 e. The third kappa shape index (κ3) is 1.58. The van der Waals surface area contributed by atoms with E-state index in [1.54, 1.807) is 0 Å². The first-order valence-electron chi connectivity index (χ1n) is 4.88. The Kier molecular flexibility index (Phi) is 2.46. The maximum Gasteiger partial charge on any atom is 0.261 e. The van der Waals surface area contributed by atoms with Gasteiger partial charge in [-0.25, -0.2) is 13.8 Å². The molecule has 0 saturated heterocycles. The van der Waals surface area contributed by atoms with Crippen molar-refractivity contribution in [3.63, 3.8) is 0 Å². The van der Waals surface area contributed by atoms with Crippen molar-refractivity contribution >= 4 is 10.9 Å². The molecular formula is C11H10F2N2O. The van der Waals surface area contributed by atoms with Crippen molar-refractivity contribution in [2.24, 2.45) is 0 Å². The fourth-order valence-electron chi connectivity index (χ4n) is 1.46. The summed E-state index contributed by atoms with van der Waals surface area (Å²) in [5.41, 5.74) is -0.475. The van der Waals surface area contributed by atoms with Crippen molar-refractivity contribution in [3.8, 4) is 0 Å². The topological polar surface area (TPSA) is 45.8 Å². The summed E-state index contributed by atoms with van der Waals surface area (Å²) in [4.78, 5) is 18.1. The number of aromatic nitrogens is 2. The number of H-pyrrole nitrogens is 1. The molecule has 0 aliphatic rings. The van der Waals surface area contributed by atoms with Crippen LogP contribution in [0.2, 0.25) is 0 Å². The molecule has 0 saturated carbocycles. The van der Waals surface area contributed by atoms with E-state index in [4.69, 9.17) is 0 Å². The van der Waals surface area contributed by atoms with Crippen LogP contribution in [-0.4, -0.2) is 9.97 Å². The smallest absolute Gasteiger partial charge is 0.261 e. The summed E-state index contributed by atoms with van der Waals surface area (Å²) >= 11 is 0. The molecule has 16 heavy (non-hydrogen) atoms. The molecule has 0 spiro atoms. The molecule has 1 aromatic carbocycles. The van der Waals surface area contributed by atoms with Gasteiger partial charge < -0.3 is 4.98 Å². The van der Waals surface area contributed by atoms with E-state index in [1.165, 1.54) is 6.07 Å². The van der Waals surface area contributed by atoms with Crippen LogP contribution in [0.5, 0.6) is 0 Å². The highest BCUT2D eigenvalue weighted by Crippen LogP contribution is 2.16. The van der Waals surface area contributed by atoms with Gasteiger partial charge in [-0.2, -0.15) is 0 Å². The van der Waals surface area contributed by atoms with Crippen LogP contribution in [0.4, 0.5) is 8.78 Å². The van der Waals surface area contributed by atoms with Crippen molar-refractivity contribution in [2.75, 3.05) is 0 Å². The first kappa shape index (κ1) is 10.7. The molecule has 0 bridgehead atoms. The second-order valence-corrected chi connectivity index (χ2v) is 3.86.